The zero-order valence-electron chi connectivity index (χ0n) is 12.4. The first kappa shape index (κ1) is 16.2. The van der Waals surface area contributed by atoms with Crippen LogP contribution < -0.4 is 10.9 Å². The lowest BCUT2D eigenvalue weighted by Crippen LogP contribution is -2.31. The molecule has 1 aliphatic rings. The minimum atomic E-state index is -0.0730. The lowest BCUT2D eigenvalue weighted by atomic mass is 9.85. The lowest BCUT2D eigenvalue weighted by molar-refractivity contribution is 0.167. The van der Waals surface area contributed by atoms with Crippen molar-refractivity contribution in [1.82, 2.24) is 9.78 Å². The van der Waals surface area contributed by atoms with E-state index in [9.17, 15) is 4.79 Å². The molecule has 116 valence electrons. The molecule has 0 amide bonds. The number of aromatic nitrogens is 2. The number of hydrogen-bond donors (Lipinski definition) is 1. The summed E-state index contributed by atoms with van der Waals surface area (Å²) in [6.07, 6.45) is 5.33. The molecule has 5 nitrogen and oxygen atoms in total. The van der Waals surface area contributed by atoms with Gasteiger partial charge in [-0.15, -0.1) is 0 Å². The molecule has 1 heterocycles. The van der Waals surface area contributed by atoms with E-state index < -0.39 is 0 Å². The van der Waals surface area contributed by atoms with Gasteiger partial charge >= 0.3 is 0 Å². The standard InChI is InChI=1S/C15H22BrN3O2/c1-11(2)10-21-7-6-17-14-13(16)8-18-19(15(14)20)9-12-4-3-5-12/h8,12,17H,1,3-7,9-10H2,2H3. The van der Waals surface area contributed by atoms with Crippen LogP contribution in [0, 0.1) is 5.92 Å². The van der Waals surface area contributed by atoms with Crippen LogP contribution in [0.2, 0.25) is 0 Å². The fourth-order valence-electron chi connectivity index (χ4n) is 2.17. The Hall–Kier alpha value is -1.14. The molecule has 1 aromatic rings. The van der Waals surface area contributed by atoms with E-state index in [1.54, 1.807) is 10.9 Å². The average Bonchev–Trinajstić information content (AvgIpc) is 2.38. The summed E-state index contributed by atoms with van der Waals surface area (Å²) in [6, 6.07) is 0. The largest absolute Gasteiger partial charge is 0.377 e. The Balaban J connectivity index is 1.92. The molecule has 0 atom stereocenters. The maximum atomic E-state index is 12.4. The number of nitrogens with one attached hydrogen (secondary N) is 1. The molecular formula is C15H22BrN3O2. The fraction of sp³-hybridized carbons (Fsp3) is 0.600. The van der Waals surface area contributed by atoms with E-state index in [4.69, 9.17) is 4.74 Å². The quantitative estimate of drug-likeness (QED) is 0.575. The van der Waals surface area contributed by atoms with Crippen LogP contribution in [0.4, 0.5) is 5.69 Å². The van der Waals surface area contributed by atoms with Gasteiger partial charge in [-0.05, 0) is 41.6 Å². The van der Waals surface area contributed by atoms with Gasteiger partial charge in [0.25, 0.3) is 5.56 Å². The predicted molar refractivity (Wildman–Crippen MR) is 87.7 cm³/mol. The Labute approximate surface area is 133 Å². The topological polar surface area (TPSA) is 56.1 Å². The van der Waals surface area contributed by atoms with E-state index in [1.807, 2.05) is 6.92 Å². The van der Waals surface area contributed by atoms with Crippen LogP contribution in [0.3, 0.4) is 0 Å². The second-order valence-electron chi connectivity index (χ2n) is 5.59. The zero-order valence-corrected chi connectivity index (χ0v) is 14.0. The molecule has 1 fully saturated rings. The number of rotatable bonds is 8. The molecule has 0 radical (unpaired) electrons. The van der Waals surface area contributed by atoms with Crippen molar-refractivity contribution in [1.29, 1.82) is 0 Å². The third kappa shape index (κ3) is 4.68. The maximum absolute atomic E-state index is 12.4. The van der Waals surface area contributed by atoms with Gasteiger partial charge in [0.15, 0.2) is 0 Å². The van der Waals surface area contributed by atoms with Gasteiger partial charge in [0.05, 0.1) is 23.9 Å². The summed E-state index contributed by atoms with van der Waals surface area (Å²) in [7, 11) is 0. The van der Waals surface area contributed by atoms with Crippen molar-refractivity contribution >= 4 is 21.6 Å². The molecule has 0 spiro atoms. The monoisotopic (exact) mass is 355 g/mol. The highest BCUT2D eigenvalue weighted by Gasteiger charge is 2.20. The summed E-state index contributed by atoms with van der Waals surface area (Å²) in [4.78, 5) is 12.4. The highest BCUT2D eigenvalue weighted by molar-refractivity contribution is 9.10. The molecule has 2 rings (SSSR count). The normalized spacial score (nSPS) is 14.8. The summed E-state index contributed by atoms with van der Waals surface area (Å²) < 4.78 is 7.67. The lowest BCUT2D eigenvalue weighted by Gasteiger charge is -2.25. The Morgan fingerprint density at radius 3 is 3.00 bits per heavy atom. The molecular weight excluding hydrogens is 334 g/mol. The van der Waals surface area contributed by atoms with Gasteiger partial charge in [-0.3, -0.25) is 4.79 Å². The zero-order chi connectivity index (χ0) is 15.2. The minimum absolute atomic E-state index is 0.0730. The van der Waals surface area contributed by atoms with Gasteiger partial charge in [0.1, 0.15) is 5.69 Å². The Morgan fingerprint density at radius 2 is 2.38 bits per heavy atom. The van der Waals surface area contributed by atoms with Crippen LogP contribution in [0.5, 0.6) is 0 Å². The van der Waals surface area contributed by atoms with Gasteiger partial charge in [-0.2, -0.15) is 5.10 Å². The van der Waals surface area contributed by atoms with E-state index in [-0.39, 0.29) is 5.56 Å². The SMILES string of the molecule is C=C(C)COCCNc1c(Br)cnn(CC2CCC2)c1=O. The molecule has 1 aromatic heterocycles. The number of hydrogen-bond acceptors (Lipinski definition) is 4. The van der Waals surface area contributed by atoms with E-state index in [0.717, 1.165) is 5.57 Å². The number of halogens is 1. The van der Waals surface area contributed by atoms with Gasteiger partial charge in [-0.25, -0.2) is 4.68 Å². The van der Waals surface area contributed by atoms with Gasteiger partial charge < -0.3 is 10.1 Å². The van der Waals surface area contributed by atoms with E-state index in [0.29, 0.717) is 42.4 Å². The summed E-state index contributed by atoms with van der Waals surface area (Å²) in [5, 5.41) is 7.33. The molecule has 0 saturated heterocycles. The van der Waals surface area contributed by atoms with Crippen molar-refractivity contribution in [2.45, 2.75) is 32.7 Å². The molecule has 1 saturated carbocycles. The molecule has 6 heteroatoms. The Morgan fingerprint density at radius 1 is 1.62 bits per heavy atom. The maximum Gasteiger partial charge on any atom is 0.291 e. The van der Waals surface area contributed by atoms with Crippen LogP contribution in [-0.2, 0) is 11.3 Å². The van der Waals surface area contributed by atoms with Gasteiger partial charge in [0.2, 0.25) is 0 Å². The molecule has 0 aromatic carbocycles. The first-order valence-corrected chi connectivity index (χ1v) is 8.09. The third-order valence-corrected chi connectivity index (χ3v) is 4.15. The fourth-order valence-corrected chi connectivity index (χ4v) is 2.57. The number of nitrogens with zero attached hydrogens (tertiary/aromatic N) is 2. The molecule has 1 aliphatic carbocycles. The molecule has 0 bridgehead atoms. The second kappa shape index (κ2) is 7.75. The van der Waals surface area contributed by atoms with E-state index in [2.05, 4.69) is 32.9 Å². The highest BCUT2D eigenvalue weighted by Crippen LogP contribution is 2.27. The average molecular weight is 356 g/mol. The van der Waals surface area contributed by atoms with Crippen molar-refractivity contribution in [2.24, 2.45) is 5.92 Å². The number of anilines is 1. The van der Waals surface area contributed by atoms with Crippen molar-refractivity contribution in [3.63, 3.8) is 0 Å². The molecule has 1 N–H and O–H groups in total. The Bertz CT molecular complexity index is 552. The van der Waals surface area contributed by atoms with Crippen molar-refractivity contribution in [3.05, 3.63) is 33.2 Å². The highest BCUT2D eigenvalue weighted by atomic mass is 79.9. The predicted octanol–water partition coefficient (Wildman–Crippen LogP) is 2.81. The van der Waals surface area contributed by atoms with Crippen molar-refractivity contribution in [3.8, 4) is 0 Å². The smallest absolute Gasteiger partial charge is 0.291 e. The van der Waals surface area contributed by atoms with Crippen LogP contribution in [0.15, 0.2) is 27.6 Å². The summed E-state index contributed by atoms with van der Waals surface area (Å²) in [6.45, 7) is 8.07. The molecule has 0 unspecified atom stereocenters. The van der Waals surface area contributed by atoms with Crippen LogP contribution in [0.1, 0.15) is 26.2 Å². The van der Waals surface area contributed by atoms with Crippen LogP contribution >= 0.6 is 15.9 Å². The first-order valence-electron chi connectivity index (χ1n) is 7.29. The summed E-state index contributed by atoms with van der Waals surface area (Å²) in [5.41, 5.74) is 1.47. The van der Waals surface area contributed by atoms with Gasteiger partial charge in [-0.1, -0.05) is 18.6 Å². The van der Waals surface area contributed by atoms with E-state index in [1.165, 1.54) is 19.3 Å². The number of ether oxygens (including phenoxy) is 1. The molecule has 21 heavy (non-hydrogen) atoms. The van der Waals surface area contributed by atoms with Crippen LogP contribution in [-0.4, -0.2) is 29.5 Å². The van der Waals surface area contributed by atoms with Crippen molar-refractivity contribution < 1.29 is 4.74 Å². The van der Waals surface area contributed by atoms with E-state index >= 15 is 0 Å². The van der Waals surface area contributed by atoms with Gasteiger partial charge in [0, 0.05) is 13.1 Å². The molecule has 0 aliphatic heterocycles. The first-order chi connectivity index (χ1) is 10.1. The second-order valence-corrected chi connectivity index (χ2v) is 6.44. The Kier molecular flexibility index (Phi) is 5.99. The summed E-state index contributed by atoms with van der Waals surface area (Å²) in [5.74, 6) is 0.600. The minimum Gasteiger partial charge on any atom is -0.377 e. The summed E-state index contributed by atoms with van der Waals surface area (Å²) >= 11 is 3.38. The van der Waals surface area contributed by atoms with Crippen LogP contribution in [0.25, 0.3) is 0 Å². The third-order valence-electron chi connectivity index (χ3n) is 3.55. The van der Waals surface area contributed by atoms with Crippen molar-refractivity contribution in [2.75, 3.05) is 25.1 Å².